The Kier molecular flexibility index (Phi) is 25.3. The van der Waals surface area contributed by atoms with Crippen LogP contribution >= 0.6 is 0 Å². The average Bonchev–Trinajstić information content (AvgIpc) is 2.57. The van der Waals surface area contributed by atoms with Crippen molar-refractivity contribution in [3.8, 4) is 0 Å². The molecule has 0 saturated carbocycles. The van der Waals surface area contributed by atoms with Gasteiger partial charge >= 0.3 is 0 Å². The highest BCUT2D eigenvalue weighted by atomic mass is 15.0. The fourth-order valence-corrected chi connectivity index (χ4v) is 2.15. The van der Waals surface area contributed by atoms with E-state index in [1.807, 2.05) is 13.8 Å². The second-order valence-electron chi connectivity index (χ2n) is 5.56. The standard InChI is InChI=1S/C13H30N4.C3H8.C2H6/c1-2-6-14-8-9-15-10-11-16-12-13-5-3-4-7-17-13;1-3-2;1-2/h13-17H,2-12H2,1H3;3H2,1-2H3;1-2H3. The Morgan fingerprint density at radius 1 is 0.818 bits per heavy atom. The first-order chi connectivity index (χ1) is 10.8. The molecule has 136 valence electrons. The lowest BCUT2D eigenvalue weighted by molar-refractivity contribution is 0.383. The van der Waals surface area contributed by atoms with Crippen molar-refractivity contribution in [1.29, 1.82) is 0 Å². The van der Waals surface area contributed by atoms with Crippen LogP contribution in [0.5, 0.6) is 0 Å². The van der Waals surface area contributed by atoms with Crippen molar-refractivity contribution in [2.75, 3.05) is 45.8 Å². The normalized spacial score (nSPS) is 17.0. The molecule has 0 radical (unpaired) electrons. The van der Waals surface area contributed by atoms with Gasteiger partial charge in [0.15, 0.2) is 0 Å². The Labute approximate surface area is 140 Å². The van der Waals surface area contributed by atoms with E-state index in [0.29, 0.717) is 6.04 Å². The van der Waals surface area contributed by atoms with Gasteiger partial charge in [-0.2, -0.15) is 0 Å². The van der Waals surface area contributed by atoms with E-state index in [1.54, 1.807) is 0 Å². The zero-order valence-electron chi connectivity index (χ0n) is 16.1. The van der Waals surface area contributed by atoms with Gasteiger partial charge in [-0.05, 0) is 32.4 Å². The number of rotatable bonds is 10. The maximum atomic E-state index is 3.55. The summed E-state index contributed by atoms with van der Waals surface area (Å²) in [6, 6.07) is 0.704. The molecule has 4 nitrogen and oxygen atoms in total. The van der Waals surface area contributed by atoms with E-state index in [2.05, 4.69) is 42.0 Å². The van der Waals surface area contributed by atoms with E-state index in [-0.39, 0.29) is 0 Å². The molecule has 1 saturated heterocycles. The van der Waals surface area contributed by atoms with Gasteiger partial charge < -0.3 is 21.3 Å². The Bertz CT molecular complexity index is 170. The van der Waals surface area contributed by atoms with Crippen molar-refractivity contribution >= 4 is 0 Å². The van der Waals surface area contributed by atoms with Gasteiger partial charge in [0.1, 0.15) is 0 Å². The fraction of sp³-hybridized carbons (Fsp3) is 1.00. The molecule has 4 N–H and O–H groups in total. The van der Waals surface area contributed by atoms with Crippen LogP contribution in [-0.4, -0.2) is 51.9 Å². The van der Waals surface area contributed by atoms with Crippen LogP contribution in [0.1, 0.15) is 66.7 Å². The molecule has 1 fully saturated rings. The molecular weight excluding hydrogens is 272 g/mol. The third kappa shape index (κ3) is 19.8. The third-order valence-corrected chi connectivity index (χ3v) is 3.19. The lowest BCUT2D eigenvalue weighted by Crippen LogP contribution is -2.43. The second-order valence-corrected chi connectivity index (χ2v) is 5.56. The summed E-state index contributed by atoms with van der Waals surface area (Å²) in [6.07, 6.45) is 6.54. The molecule has 0 aromatic heterocycles. The summed E-state index contributed by atoms with van der Waals surface area (Å²) >= 11 is 0. The van der Waals surface area contributed by atoms with Gasteiger partial charge in [-0.1, -0.05) is 47.5 Å². The first kappa shape index (κ1) is 24.1. The van der Waals surface area contributed by atoms with E-state index < -0.39 is 0 Å². The van der Waals surface area contributed by atoms with Crippen LogP contribution in [0.3, 0.4) is 0 Å². The minimum atomic E-state index is 0.704. The Morgan fingerprint density at radius 3 is 1.86 bits per heavy atom. The molecule has 0 aromatic carbocycles. The number of hydrogen-bond acceptors (Lipinski definition) is 4. The summed E-state index contributed by atoms with van der Waals surface area (Å²) in [5, 5.41) is 13.9. The molecule has 1 heterocycles. The lowest BCUT2D eigenvalue weighted by atomic mass is 10.1. The lowest BCUT2D eigenvalue weighted by Gasteiger charge is -2.23. The Morgan fingerprint density at radius 2 is 1.36 bits per heavy atom. The van der Waals surface area contributed by atoms with E-state index >= 15 is 0 Å². The summed E-state index contributed by atoms with van der Waals surface area (Å²) in [5.74, 6) is 0. The smallest absolute Gasteiger partial charge is 0.0192 e. The van der Waals surface area contributed by atoms with Crippen LogP contribution in [0.15, 0.2) is 0 Å². The Balaban J connectivity index is 0. The highest BCUT2D eigenvalue weighted by molar-refractivity contribution is 4.74. The summed E-state index contributed by atoms with van der Waals surface area (Å²) in [7, 11) is 0. The molecule has 4 heteroatoms. The minimum Gasteiger partial charge on any atom is -0.315 e. The van der Waals surface area contributed by atoms with Crippen LogP contribution in [0, 0.1) is 0 Å². The molecule has 1 unspecified atom stereocenters. The van der Waals surface area contributed by atoms with Crippen molar-refractivity contribution in [1.82, 2.24) is 21.3 Å². The SMILES string of the molecule is CC.CCC.CCCNCCNCCNCC1CCCCN1. The molecule has 22 heavy (non-hydrogen) atoms. The van der Waals surface area contributed by atoms with Crippen LogP contribution in [0.4, 0.5) is 0 Å². The summed E-state index contributed by atoms with van der Waals surface area (Å²) in [6.45, 7) is 18.2. The predicted molar refractivity (Wildman–Crippen MR) is 102 cm³/mol. The van der Waals surface area contributed by atoms with Crippen LogP contribution in [0.25, 0.3) is 0 Å². The Hall–Kier alpha value is -0.160. The van der Waals surface area contributed by atoms with Gasteiger partial charge in [0.05, 0.1) is 0 Å². The van der Waals surface area contributed by atoms with E-state index in [1.165, 1.54) is 38.6 Å². The second kappa shape index (κ2) is 23.1. The largest absolute Gasteiger partial charge is 0.315 e. The van der Waals surface area contributed by atoms with Gasteiger partial charge in [-0.3, -0.25) is 0 Å². The zero-order chi connectivity index (χ0) is 16.9. The maximum Gasteiger partial charge on any atom is 0.0192 e. The monoisotopic (exact) mass is 316 g/mol. The van der Waals surface area contributed by atoms with Crippen LogP contribution in [-0.2, 0) is 0 Å². The predicted octanol–water partition coefficient (Wildman–Crippen LogP) is 2.75. The van der Waals surface area contributed by atoms with E-state index in [4.69, 9.17) is 0 Å². The first-order valence-electron chi connectivity index (χ1n) is 9.70. The van der Waals surface area contributed by atoms with Crippen molar-refractivity contribution < 1.29 is 0 Å². The molecule has 1 rings (SSSR count). The number of piperidine rings is 1. The van der Waals surface area contributed by atoms with Gasteiger partial charge in [0.25, 0.3) is 0 Å². The molecule has 0 aliphatic carbocycles. The molecule has 0 spiro atoms. The average molecular weight is 317 g/mol. The van der Waals surface area contributed by atoms with Gasteiger partial charge in [0, 0.05) is 38.8 Å². The zero-order valence-corrected chi connectivity index (χ0v) is 16.1. The summed E-state index contributed by atoms with van der Waals surface area (Å²) < 4.78 is 0. The highest BCUT2D eigenvalue weighted by Gasteiger charge is 2.10. The summed E-state index contributed by atoms with van der Waals surface area (Å²) in [4.78, 5) is 0. The van der Waals surface area contributed by atoms with E-state index in [0.717, 1.165) is 39.3 Å². The van der Waals surface area contributed by atoms with Gasteiger partial charge in [-0.15, -0.1) is 0 Å². The van der Waals surface area contributed by atoms with E-state index in [9.17, 15) is 0 Å². The number of hydrogen-bond donors (Lipinski definition) is 4. The maximum absolute atomic E-state index is 3.55. The third-order valence-electron chi connectivity index (χ3n) is 3.19. The topological polar surface area (TPSA) is 48.1 Å². The van der Waals surface area contributed by atoms with Crippen molar-refractivity contribution in [2.45, 2.75) is 72.8 Å². The first-order valence-corrected chi connectivity index (χ1v) is 9.70. The number of nitrogens with one attached hydrogen (secondary N) is 4. The minimum absolute atomic E-state index is 0.704. The van der Waals surface area contributed by atoms with Crippen molar-refractivity contribution in [3.05, 3.63) is 0 Å². The molecule has 0 aromatic rings. The van der Waals surface area contributed by atoms with Gasteiger partial charge in [-0.25, -0.2) is 0 Å². The molecule has 1 aliphatic heterocycles. The quantitative estimate of drug-likeness (QED) is 0.468. The van der Waals surface area contributed by atoms with Crippen LogP contribution in [0.2, 0.25) is 0 Å². The molecule has 0 amide bonds. The molecule has 0 bridgehead atoms. The van der Waals surface area contributed by atoms with Crippen molar-refractivity contribution in [3.63, 3.8) is 0 Å². The van der Waals surface area contributed by atoms with Gasteiger partial charge in [0.2, 0.25) is 0 Å². The van der Waals surface area contributed by atoms with Crippen LogP contribution < -0.4 is 21.3 Å². The molecule has 1 aliphatic rings. The summed E-state index contributed by atoms with van der Waals surface area (Å²) in [5.41, 5.74) is 0. The van der Waals surface area contributed by atoms with Crippen molar-refractivity contribution in [2.24, 2.45) is 0 Å². The molecule has 1 atom stereocenters. The molecular formula is C18H44N4. The highest BCUT2D eigenvalue weighted by Crippen LogP contribution is 2.05. The fourth-order valence-electron chi connectivity index (χ4n) is 2.15.